The largest absolute Gasteiger partial charge is 0.370 e. The fourth-order valence-electron chi connectivity index (χ4n) is 3.85. The molecule has 0 aromatic heterocycles. The van der Waals surface area contributed by atoms with Crippen LogP contribution in [0.5, 0.6) is 0 Å². The molecule has 124 valence electrons. The summed E-state index contributed by atoms with van der Waals surface area (Å²) in [5, 5.41) is 0. The first-order chi connectivity index (χ1) is 10.4. The third kappa shape index (κ3) is 3.83. The molecule has 0 saturated carbocycles. The molecule has 0 aromatic rings. The summed E-state index contributed by atoms with van der Waals surface area (Å²) in [4.78, 5) is 0. The van der Waals surface area contributed by atoms with E-state index < -0.39 is 0 Å². The molecule has 2 nitrogen and oxygen atoms in total. The molecule has 2 fully saturated rings. The molecule has 0 N–H and O–H groups in total. The van der Waals surface area contributed by atoms with Crippen LogP contribution in [0.2, 0.25) is 0 Å². The van der Waals surface area contributed by atoms with Gasteiger partial charge in [-0.2, -0.15) is 0 Å². The van der Waals surface area contributed by atoms with Crippen LogP contribution in [-0.4, -0.2) is 23.9 Å². The minimum atomic E-state index is 0.120. The Labute approximate surface area is 136 Å². The van der Waals surface area contributed by atoms with Crippen LogP contribution in [0.3, 0.4) is 0 Å². The van der Waals surface area contributed by atoms with Gasteiger partial charge in [-0.15, -0.1) is 0 Å². The Balaban J connectivity index is 1.69. The Kier molecular flexibility index (Phi) is 4.53. The van der Waals surface area contributed by atoms with E-state index >= 15 is 0 Å². The second-order valence-electron chi connectivity index (χ2n) is 8.17. The highest BCUT2D eigenvalue weighted by Crippen LogP contribution is 2.49. The van der Waals surface area contributed by atoms with Gasteiger partial charge in [-0.1, -0.05) is 23.3 Å². The van der Waals surface area contributed by atoms with Crippen LogP contribution in [0.1, 0.15) is 72.6 Å². The van der Waals surface area contributed by atoms with Gasteiger partial charge in [0.1, 0.15) is 0 Å². The van der Waals surface area contributed by atoms with Gasteiger partial charge in [0, 0.05) is 0 Å². The summed E-state index contributed by atoms with van der Waals surface area (Å²) in [6, 6.07) is 0. The van der Waals surface area contributed by atoms with Crippen molar-refractivity contribution in [1.82, 2.24) is 0 Å². The monoisotopic (exact) mass is 304 g/mol. The molecule has 3 rings (SSSR count). The first-order valence-corrected chi connectivity index (χ1v) is 9.04. The van der Waals surface area contributed by atoms with E-state index in [2.05, 4.69) is 39.8 Å². The predicted molar refractivity (Wildman–Crippen MR) is 91.0 cm³/mol. The summed E-state index contributed by atoms with van der Waals surface area (Å²) in [6.07, 6.45) is 13.6. The van der Waals surface area contributed by atoms with E-state index in [4.69, 9.17) is 9.47 Å². The highest BCUT2D eigenvalue weighted by molar-refractivity contribution is 5.09. The van der Waals surface area contributed by atoms with Crippen LogP contribution in [0.4, 0.5) is 0 Å². The van der Waals surface area contributed by atoms with Gasteiger partial charge in [0.15, 0.2) is 0 Å². The molecule has 0 aromatic carbocycles. The third-order valence-electron chi connectivity index (χ3n) is 6.05. The van der Waals surface area contributed by atoms with Crippen molar-refractivity contribution in [1.29, 1.82) is 0 Å². The Morgan fingerprint density at radius 1 is 1.00 bits per heavy atom. The summed E-state index contributed by atoms with van der Waals surface area (Å²) in [5.74, 6) is 0.642. The summed E-state index contributed by atoms with van der Waals surface area (Å²) < 4.78 is 11.9. The van der Waals surface area contributed by atoms with E-state index in [0.717, 1.165) is 19.4 Å². The molecule has 0 radical (unpaired) electrons. The summed E-state index contributed by atoms with van der Waals surface area (Å²) in [7, 11) is 0. The number of hydrogen-bond acceptors (Lipinski definition) is 2. The van der Waals surface area contributed by atoms with Crippen molar-refractivity contribution in [2.75, 3.05) is 6.61 Å². The molecule has 0 amide bonds. The minimum absolute atomic E-state index is 0.120. The number of allylic oxidation sites excluding steroid dienone is 4. The van der Waals surface area contributed by atoms with Crippen LogP contribution < -0.4 is 0 Å². The number of rotatable bonds is 1. The van der Waals surface area contributed by atoms with E-state index in [-0.39, 0.29) is 11.2 Å². The highest BCUT2D eigenvalue weighted by atomic mass is 16.6. The lowest BCUT2D eigenvalue weighted by Gasteiger charge is -2.21. The van der Waals surface area contributed by atoms with Crippen molar-refractivity contribution in [3.8, 4) is 0 Å². The molecule has 4 unspecified atom stereocenters. The number of fused-ring (bicyclic) bond motifs is 1. The maximum absolute atomic E-state index is 6.10. The summed E-state index contributed by atoms with van der Waals surface area (Å²) in [5.41, 5.74) is 3.31. The Hall–Kier alpha value is -0.600. The van der Waals surface area contributed by atoms with Crippen molar-refractivity contribution in [3.63, 3.8) is 0 Å². The number of epoxide rings is 2. The second-order valence-corrected chi connectivity index (χ2v) is 8.17. The van der Waals surface area contributed by atoms with E-state index in [0.29, 0.717) is 12.0 Å². The smallest absolute Gasteiger partial charge is 0.0923 e. The zero-order chi connectivity index (χ0) is 15.8. The first kappa shape index (κ1) is 16.3. The van der Waals surface area contributed by atoms with E-state index in [1.165, 1.54) is 37.7 Å². The van der Waals surface area contributed by atoms with Gasteiger partial charge >= 0.3 is 0 Å². The molecule has 2 aliphatic heterocycles. The molecule has 22 heavy (non-hydrogen) atoms. The Bertz CT molecular complexity index is 472. The summed E-state index contributed by atoms with van der Waals surface area (Å²) in [6.45, 7) is 10.1. The average Bonchev–Trinajstić information content (AvgIpc) is 3.33. The normalized spacial score (nSPS) is 43.5. The van der Waals surface area contributed by atoms with Gasteiger partial charge in [-0.25, -0.2) is 0 Å². The quantitative estimate of drug-likeness (QED) is 0.492. The van der Waals surface area contributed by atoms with Crippen LogP contribution in [0, 0.1) is 5.92 Å². The number of hydrogen-bond donors (Lipinski definition) is 0. The third-order valence-corrected chi connectivity index (χ3v) is 6.05. The maximum Gasteiger partial charge on any atom is 0.0923 e. The standard InChI is InChI=1S/C20H32O2/c1-15-7-5-8-16(2)10-11-17(20(4)14-21-20)13-18-19(3,22-18)12-6-9-15/h8-9,17-18H,5-7,10-14H2,1-4H3. The Morgan fingerprint density at radius 2 is 1.68 bits per heavy atom. The van der Waals surface area contributed by atoms with Crippen molar-refractivity contribution in [3.05, 3.63) is 23.3 Å². The van der Waals surface area contributed by atoms with Crippen LogP contribution in [-0.2, 0) is 9.47 Å². The second kappa shape index (κ2) is 6.13. The zero-order valence-electron chi connectivity index (χ0n) is 14.8. The molecule has 2 saturated heterocycles. The van der Waals surface area contributed by atoms with Crippen molar-refractivity contribution in [2.45, 2.75) is 89.9 Å². The predicted octanol–water partition coefficient (Wildman–Crippen LogP) is 5.19. The van der Waals surface area contributed by atoms with E-state index in [1.807, 2.05) is 0 Å². The van der Waals surface area contributed by atoms with Crippen molar-refractivity contribution < 1.29 is 9.47 Å². The molecule has 2 heteroatoms. The summed E-state index contributed by atoms with van der Waals surface area (Å²) >= 11 is 0. The van der Waals surface area contributed by atoms with Gasteiger partial charge in [0.05, 0.1) is 23.9 Å². The Morgan fingerprint density at radius 3 is 2.41 bits per heavy atom. The molecular weight excluding hydrogens is 272 g/mol. The van der Waals surface area contributed by atoms with Crippen LogP contribution in [0.15, 0.2) is 23.3 Å². The maximum atomic E-state index is 6.10. The van der Waals surface area contributed by atoms with Gasteiger partial charge in [-0.05, 0) is 78.6 Å². The van der Waals surface area contributed by atoms with Gasteiger partial charge in [-0.3, -0.25) is 0 Å². The van der Waals surface area contributed by atoms with Crippen LogP contribution in [0.25, 0.3) is 0 Å². The molecule has 4 atom stereocenters. The fraction of sp³-hybridized carbons (Fsp3) is 0.800. The minimum Gasteiger partial charge on any atom is -0.370 e. The molecule has 2 heterocycles. The lowest BCUT2D eigenvalue weighted by atomic mass is 9.82. The van der Waals surface area contributed by atoms with Gasteiger partial charge < -0.3 is 9.47 Å². The SMILES string of the molecule is CC1=CCCC2(C)OC2CC(C2(C)CO2)CCC(C)=CCC1. The first-order valence-electron chi connectivity index (χ1n) is 9.04. The lowest BCUT2D eigenvalue weighted by Crippen LogP contribution is -2.24. The number of ether oxygens (including phenoxy) is 2. The molecule has 0 bridgehead atoms. The topological polar surface area (TPSA) is 25.1 Å². The van der Waals surface area contributed by atoms with Gasteiger partial charge in [0.2, 0.25) is 0 Å². The van der Waals surface area contributed by atoms with E-state index in [9.17, 15) is 0 Å². The van der Waals surface area contributed by atoms with Crippen molar-refractivity contribution >= 4 is 0 Å². The zero-order valence-corrected chi connectivity index (χ0v) is 14.8. The molecule has 3 aliphatic rings. The lowest BCUT2D eigenvalue weighted by molar-refractivity contribution is 0.199. The fourth-order valence-corrected chi connectivity index (χ4v) is 3.85. The van der Waals surface area contributed by atoms with Crippen LogP contribution >= 0.6 is 0 Å². The average molecular weight is 304 g/mol. The molecule has 1 aliphatic carbocycles. The highest BCUT2D eigenvalue weighted by Gasteiger charge is 2.56. The van der Waals surface area contributed by atoms with Crippen molar-refractivity contribution in [2.24, 2.45) is 5.92 Å². The molecular formula is C20H32O2. The van der Waals surface area contributed by atoms with E-state index in [1.54, 1.807) is 5.57 Å². The van der Waals surface area contributed by atoms with Gasteiger partial charge in [0.25, 0.3) is 0 Å². The molecule has 0 spiro atoms.